The zero-order valence-corrected chi connectivity index (χ0v) is 13.6. The number of hydrogen-bond acceptors (Lipinski definition) is 3. The highest BCUT2D eigenvalue weighted by atomic mass is 79.9. The average Bonchev–Trinajstić information content (AvgIpc) is 2.42. The first-order valence-corrected chi connectivity index (χ1v) is 7.51. The molecule has 0 atom stereocenters. The fourth-order valence-corrected chi connectivity index (χ4v) is 3.18. The van der Waals surface area contributed by atoms with Crippen molar-refractivity contribution in [1.29, 1.82) is 0 Å². The van der Waals surface area contributed by atoms with Gasteiger partial charge in [0.15, 0.2) is 0 Å². The molecule has 0 aliphatic carbocycles. The van der Waals surface area contributed by atoms with Crippen molar-refractivity contribution >= 4 is 27.3 Å². The summed E-state index contributed by atoms with van der Waals surface area (Å²) in [6, 6.07) is 11.0. The number of nitrogens with zero attached hydrogens (tertiary/aromatic N) is 1. The lowest BCUT2D eigenvalue weighted by molar-refractivity contribution is -0.385. The lowest BCUT2D eigenvalue weighted by Gasteiger charge is -2.13. The molecule has 0 amide bonds. The summed E-state index contributed by atoms with van der Waals surface area (Å²) in [5, 5.41) is 14.3. The fourth-order valence-electron chi connectivity index (χ4n) is 2.36. The third kappa shape index (κ3) is 3.82. The third-order valence-electron chi connectivity index (χ3n) is 3.32. The molecule has 0 saturated heterocycles. The van der Waals surface area contributed by atoms with Gasteiger partial charge in [0.1, 0.15) is 0 Å². The van der Waals surface area contributed by atoms with Crippen LogP contribution in [0, 0.1) is 24.0 Å². The molecule has 0 unspecified atom stereocenters. The van der Waals surface area contributed by atoms with Gasteiger partial charge in [0, 0.05) is 22.6 Å². The Kier molecular flexibility index (Phi) is 4.96. The van der Waals surface area contributed by atoms with Gasteiger partial charge >= 0.3 is 0 Å². The van der Waals surface area contributed by atoms with Crippen LogP contribution in [-0.4, -0.2) is 11.5 Å². The Labute approximate surface area is 132 Å². The van der Waals surface area contributed by atoms with Crippen molar-refractivity contribution in [2.75, 3.05) is 11.9 Å². The number of para-hydroxylation sites is 1. The first-order chi connectivity index (χ1) is 9.99. The summed E-state index contributed by atoms with van der Waals surface area (Å²) in [5.74, 6) is 0. The second-order valence-electron chi connectivity index (χ2n) is 5.00. The van der Waals surface area contributed by atoms with Gasteiger partial charge in [0.05, 0.1) is 10.6 Å². The first-order valence-electron chi connectivity index (χ1n) is 6.72. The van der Waals surface area contributed by atoms with Crippen LogP contribution in [0.2, 0.25) is 0 Å². The van der Waals surface area contributed by atoms with Gasteiger partial charge in [-0.25, -0.2) is 0 Å². The van der Waals surface area contributed by atoms with E-state index in [1.807, 2.05) is 13.0 Å². The van der Waals surface area contributed by atoms with Crippen molar-refractivity contribution in [1.82, 2.24) is 0 Å². The van der Waals surface area contributed by atoms with Crippen molar-refractivity contribution in [3.63, 3.8) is 0 Å². The molecular weight excluding hydrogens is 332 g/mol. The molecule has 0 bridgehead atoms. The predicted molar refractivity (Wildman–Crippen MR) is 88.9 cm³/mol. The van der Waals surface area contributed by atoms with E-state index in [9.17, 15) is 10.1 Å². The summed E-state index contributed by atoms with van der Waals surface area (Å²) in [4.78, 5) is 10.6. The number of nitro benzene ring substituents is 1. The highest BCUT2D eigenvalue weighted by molar-refractivity contribution is 9.10. The van der Waals surface area contributed by atoms with Gasteiger partial charge in [-0.05, 0) is 53.4 Å². The van der Waals surface area contributed by atoms with Crippen LogP contribution in [0.25, 0.3) is 0 Å². The third-order valence-corrected chi connectivity index (χ3v) is 3.94. The molecule has 0 heterocycles. The zero-order valence-electron chi connectivity index (χ0n) is 12.0. The van der Waals surface area contributed by atoms with Gasteiger partial charge in [-0.15, -0.1) is 0 Å². The largest absolute Gasteiger partial charge is 0.384 e. The molecule has 2 aromatic rings. The number of hydrogen-bond donors (Lipinski definition) is 1. The molecule has 0 saturated carbocycles. The lowest BCUT2D eigenvalue weighted by Crippen LogP contribution is -2.08. The van der Waals surface area contributed by atoms with E-state index in [4.69, 9.17) is 0 Å². The second-order valence-corrected chi connectivity index (χ2v) is 5.86. The van der Waals surface area contributed by atoms with Crippen molar-refractivity contribution in [2.24, 2.45) is 0 Å². The molecule has 2 rings (SSSR count). The molecule has 0 aromatic heterocycles. The van der Waals surface area contributed by atoms with E-state index in [0.717, 1.165) is 21.3 Å². The molecule has 5 heteroatoms. The van der Waals surface area contributed by atoms with E-state index in [1.165, 1.54) is 5.56 Å². The monoisotopic (exact) mass is 348 g/mol. The summed E-state index contributed by atoms with van der Waals surface area (Å²) >= 11 is 3.55. The first kappa shape index (κ1) is 15.5. The molecule has 0 spiro atoms. The summed E-state index contributed by atoms with van der Waals surface area (Å²) < 4.78 is 1.02. The molecule has 0 radical (unpaired) electrons. The Hall–Kier alpha value is -1.88. The molecule has 0 aliphatic rings. The maximum absolute atomic E-state index is 11.0. The molecule has 110 valence electrons. The van der Waals surface area contributed by atoms with Crippen LogP contribution >= 0.6 is 15.9 Å². The van der Waals surface area contributed by atoms with E-state index in [2.05, 4.69) is 40.3 Å². The Balaban J connectivity index is 2.08. The predicted octanol–water partition coefficient (Wildman–Crippen LogP) is 4.63. The normalized spacial score (nSPS) is 10.4. The molecule has 21 heavy (non-hydrogen) atoms. The van der Waals surface area contributed by atoms with Gasteiger partial charge in [0.25, 0.3) is 5.69 Å². The van der Waals surface area contributed by atoms with Gasteiger partial charge in [-0.2, -0.15) is 0 Å². The van der Waals surface area contributed by atoms with Crippen LogP contribution in [0.4, 0.5) is 11.4 Å². The summed E-state index contributed by atoms with van der Waals surface area (Å²) in [6.07, 6.45) is 0.608. The Morgan fingerprint density at radius 3 is 2.62 bits per heavy atom. The average molecular weight is 349 g/mol. The van der Waals surface area contributed by atoms with Crippen LogP contribution in [-0.2, 0) is 6.42 Å². The van der Waals surface area contributed by atoms with Gasteiger partial charge in [0.2, 0.25) is 0 Å². The number of nitrogens with one attached hydrogen (secondary N) is 1. The van der Waals surface area contributed by atoms with E-state index < -0.39 is 0 Å². The summed E-state index contributed by atoms with van der Waals surface area (Å²) in [5.41, 5.74) is 4.32. The number of aryl methyl sites for hydroxylation is 2. The minimum absolute atomic E-state index is 0.180. The molecule has 1 N–H and O–H groups in total. The van der Waals surface area contributed by atoms with Crippen molar-refractivity contribution < 1.29 is 4.92 Å². The number of halogens is 1. The summed E-state index contributed by atoms with van der Waals surface area (Å²) in [6.45, 7) is 4.74. The summed E-state index contributed by atoms with van der Waals surface area (Å²) in [7, 11) is 0. The Morgan fingerprint density at radius 1 is 1.24 bits per heavy atom. The molecule has 2 aromatic carbocycles. The Morgan fingerprint density at radius 2 is 1.95 bits per heavy atom. The second kappa shape index (κ2) is 6.72. The fraction of sp³-hybridized carbons (Fsp3) is 0.250. The number of rotatable bonds is 5. The number of anilines is 1. The van der Waals surface area contributed by atoms with Crippen LogP contribution in [0.1, 0.15) is 16.7 Å². The number of nitro groups is 1. The number of benzene rings is 2. The Bertz CT molecular complexity index is 648. The topological polar surface area (TPSA) is 55.2 Å². The highest BCUT2D eigenvalue weighted by Crippen LogP contribution is 2.28. The van der Waals surface area contributed by atoms with Crippen molar-refractivity contribution in [3.8, 4) is 0 Å². The minimum atomic E-state index is -0.331. The van der Waals surface area contributed by atoms with Crippen LogP contribution in [0.15, 0.2) is 40.9 Å². The molecule has 0 fully saturated rings. The highest BCUT2D eigenvalue weighted by Gasteiger charge is 2.12. The van der Waals surface area contributed by atoms with Gasteiger partial charge in [-0.1, -0.05) is 24.3 Å². The molecular formula is C16H17BrN2O2. The lowest BCUT2D eigenvalue weighted by atomic mass is 10.1. The van der Waals surface area contributed by atoms with Crippen molar-refractivity contribution in [3.05, 3.63) is 67.7 Å². The van der Waals surface area contributed by atoms with Gasteiger partial charge < -0.3 is 5.32 Å². The van der Waals surface area contributed by atoms with E-state index in [0.29, 0.717) is 13.0 Å². The maximum atomic E-state index is 11.0. The SMILES string of the molecule is Cc1cc(C)c(NCCc2ccccc2[N+](=O)[O-])c(Br)c1. The van der Waals surface area contributed by atoms with E-state index in [-0.39, 0.29) is 10.6 Å². The zero-order chi connectivity index (χ0) is 15.4. The molecule has 0 aliphatic heterocycles. The van der Waals surface area contributed by atoms with Crippen molar-refractivity contribution in [2.45, 2.75) is 20.3 Å². The minimum Gasteiger partial charge on any atom is -0.384 e. The van der Waals surface area contributed by atoms with Crippen LogP contribution in [0.3, 0.4) is 0 Å². The van der Waals surface area contributed by atoms with Gasteiger partial charge in [-0.3, -0.25) is 10.1 Å². The van der Waals surface area contributed by atoms with E-state index in [1.54, 1.807) is 18.2 Å². The standard InChI is InChI=1S/C16H17BrN2O2/c1-11-9-12(2)16(14(17)10-11)18-8-7-13-5-3-4-6-15(13)19(20)21/h3-6,9-10,18H,7-8H2,1-2H3. The maximum Gasteiger partial charge on any atom is 0.272 e. The quantitative estimate of drug-likeness (QED) is 0.633. The molecule has 4 nitrogen and oxygen atoms in total. The van der Waals surface area contributed by atoms with Crippen LogP contribution < -0.4 is 5.32 Å². The van der Waals surface area contributed by atoms with Crippen LogP contribution in [0.5, 0.6) is 0 Å². The smallest absolute Gasteiger partial charge is 0.272 e. The van der Waals surface area contributed by atoms with E-state index >= 15 is 0 Å².